The molecule has 4 rings (SSSR count). The Hall–Kier alpha value is -2.08. The first kappa shape index (κ1) is 23.1. The van der Waals surface area contributed by atoms with Crippen molar-refractivity contribution in [1.29, 1.82) is 0 Å². The van der Waals surface area contributed by atoms with Gasteiger partial charge in [0.25, 0.3) is 0 Å². The normalized spacial score (nSPS) is 18.9. The number of ketones is 1. The molecule has 7 heteroatoms. The van der Waals surface area contributed by atoms with Crippen LogP contribution in [-0.4, -0.2) is 37.4 Å². The molecule has 170 valence electrons. The molecule has 0 amide bonds. The lowest BCUT2D eigenvalue weighted by atomic mass is 9.81. The van der Waals surface area contributed by atoms with E-state index in [-0.39, 0.29) is 17.5 Å². The molecule has 32 heavy (non-hydrogen) atoms. The number of likely N-dealkylation sites (tertiary alicyclic amines) is 1. The first-order valence-corrected chi connectivity index (χ1v) is 11.6. The summed E-state index contributed by atoms with van der Waals surface area (Å²) in [6.45, 7) is 8.02. The van der Waals surface area contributed by atoms with Crippen LogP contribution in [0.2, 0.25) is 10.0 Å². The highest BCUT2D eigenvalue weighted by Crippen LogP contribution is 2.47. The van der Waals surface area contributed by atoms with Crippen LogP contribution in [0.5, 0.6) is 0 Å². The summed E-state index contributed by atoms with van der Waals surface area (Å²) in [5, 5.41) is 0.941. The van der Waals surface area contributed by atoms with Crippen LogP contribution in [0.15, 0.2) is 48.9 Å². The highest BCUT2D eigenvalue weighted by Gasteiger charge is 2.44. The van der Waals surface area contributed by atoms with Crippen molar-refractivity contribution in [2.24, 2.45) is 0 Å². The molecule has 0 N–H and O–H groups in total. The molecular weight excluding hydrogens is 450 g/mol. The van der Waals surface area contributed by atoms with E-state index in [4.69, 9.17) is 27.9 Å². The fraction of sp³-hybridized carbons (Fsp3) is 0.400. The van der Waals surface area contributed by atoms with Crippen molar-refractivity contribution in [2.45, 2.75) is 37.7 Å². The van der Waals surface area contributed by atoms with Crippen molar-refractivity contribution in [3.05, 3.63) is 75.8 Å². The smallest absolute Gasteiger partial charge is 0.187 e. The van der Waals surface area contributed by atoms with Crippen molar-refractivity contribution in [3.8, 4) is 0 Å². The zero-order chi connectivity index (χ0) is 23.0. The zero-order valence-electron chi connectivity index (χ0n) is 18.3. The molecule has 2 aliphatic rings. The number of anilines is 1. The molecule has 0 aromatic heterocycles. The van der Waals surface area contributed by atoms with Crippen molar-refractivity contribution < 1.29 is 13.9 Å². The second-order valence-corrected chi connectivity index (χ2v) is 9.49. The van der Waals surface area contributed by atoms with Gasteiger partial charge in [-0.25, -0.2) is 4.39 Å². The molecule has 1 unspecified atom stereocenters. The Morgan fingerprint density at radius 1 is 1.19 bits per heavy atom. The standard InChI is InChI=1S/C25H27Cl2FN2O2/c1-16(31)20(18-4-6-22(26)23(27)14-18)8-11-30-12-9-25(10-13-30)21-15-19(28)5-7-24(21)29(3)17(2)32-25/h4-7,14-15,20H,2,8-13H2,1,3H3. The van der Waals surface area contributed by atoms with E-state index in [1.807, 2.05) is 18.0 Å². The Bertz CT molecular complexity index is 1050. The molecule has 2 aliphatic heterocycles. The first-order chi connectivity index (χ1) is 15.2. The third-order valence-corrected chi connectivity index (χ3v) is 7.47. The van der Waals surface area contributed by atoms with Gasteiger partial charge >= 0.3 is 0 Å². The van der Waals surface area contributed by atoms with Crippen LogP contribution in [0.25, 0.3) is 0 Å². The number of piperidine rings is 1. The van der Waals surface area contributed by atoms with Gasteiger partial charge in [0.15, 0.2) is 5.88 Å². The van der Waals surface area contributed by atoms with Gasteiger partial charge in [-0.15, -0.1) is 0 Å². The van der Waals surface area contributed by atoms with Crippen molar-refractivity contribution in [2.75, 3.05) is 31.6 Å². The molecule has 0 bridgehead atoms. The summed E-state index contributed by atoms with van der Waals surface area (Å²) in [4.78, 5) is 16.5. The van der Waals surface area contributed by atoms with Crippen LogP contribution >= 0.6 is 23.2 Å². The summed E-state index contributed by atoms with van der Waals surface area (Å²) in [6, 6.07) is 10.2. The Balaban J connectivity index is 1.45. The molecule has 2 aromatic carbocycles. The van der Waals surface area contributed by atoms with Crippen LogP contribution in [0.4, 0.5) is 10.1 Å². The third-order valence-electron chi connectivity index (χ3n) is 6.73. The number of hydrogen-bond donors (Lipinski definition) is 0. The largest absolute Gasteiger partial charge is 0.468 e. The predicted octanol–water partition coefficient (Wildman–Crippen LogP) is 6.12. The Morgan fingerprint density at radius 2 is 1.91 bits per heavy atom. The highest BCUT2D eigenvalue weighted by molar-refractivity contribution is 6.42. The van der Waals surface area contributed by atoms with Crippen LogP contribution in [0.1, 0.15) is 43.2 Å². The van der Waals surface area contributed by atoms with Gasteiger partial charge in [-0.05, 0) is 62.4 Å². The zero-order valence-corrected chi connectivity index (χ0v) is 19.8. The van der Waals surface area contributed by atoms with Crippen molar-refractivity contribution in [3.63, 3.8) is 0 Å². The average molecular weight is 477 g/mol. The molecule has 0 saturated carbocycles. The maximum atomic E-state index is 14.1. The second-order valence-electron chi connectivity index (χ2n) is 8.68. The fourth-order valence-electron chi connectivity index (χ4n) is 4.80. The van der Waals surface area contributed by atoms with Crippen LogP contribution in [0.3, 0.4) is 0 Å². The molecule has 1 spiro atoms. The van der Waals surface area contributed by atoms with E-state index >= 15 is 0 Å². The number of ether oxygens (including phenoxy) is 1. The minimum Gasteiger partial charge on any atom is -0.468 e. The minimum absolute atomic E-state index is 0.108. The number of carbonyl (C=O) groups is 1. The molecular formula is C25H27Cl2FN2O2. The summed E-state index contributed by atoms with van der Waals surface area (Å²) in [5.74, 6) is 0.195. The van der Waals surface area contributed by atoms with Gasteiger partial charge < -0.3 is 14.5 Å². The van der Waals surface area contributed by atoms with Gasteiger partial charge in [-0.2, -0.15) is 0 Å². The summed E-state index contributed by atoms with van der Waals surface area (Å²) >= 11 is 12.2. The van der Waals surface area contributed by atoms with E-state index < -0.39 is 5.60 Å². The lowest BCUT2D eigenvalue weighted by molar-refractivity contribution is -0.118. The van der Waals surface area contributed by atoms with Crippen LogP contribution in [0, 0.1) is 5.82 Å². The number of rotatable bonds is 5. The van der Waals surface area contributed by atoms with Gasteiger partial charge in [0.05, 0.1) is 15.7 Å². The molecule has 1 fully saturated rings. The number of hydrogen-bond acceptors (Lipinski definition) is 4. The van der Waals surface area contributed by atoms with Crippen LogP contribution in [-0.2, 0) is 15.1 Å². The highest BCUT2D eigenvalue weighted by atomic mass is 35.5. The maximum absolute atomic E-state index is 14.1. The van der Waals surface area contributed by atoms with Crippen LogP contribution < -0.4 is 4.90 Å². The average Bonchev–Trinajstić information content (AvgIpc) is 2.76. The molecule has 0 aliphatic carbocycles. The van der Waals surface area contributed by atoms with Gasteiger partial charge in [0.2, 0.25) is 0 Å². The lowest BCUT2D eigenvalue weighted by Gasteiger charge is -2.48. The summed E-state index contributed by atoms with van der Waals surface area (Å²) in [5.41, 5.74) is 2.14. The topological polar surface area (TPSA) is 32.8 Å². The Kier molecular flexibility index (Phi) is 6.53. The fourth-order valence-corrected chi connectivity index (χ4v) is 5.11. The number of benzene rings is 2. The second kappa shape index (κ2) is 9.05. The number of fused-ring (bicyclic) bond motifs is 2. The third kappa shape index (κ3) is 4.39. The Labute approximate surface area is 198 Å². The molecule has 4 nitrogen and oxygen atoms in total. The molecule has 2 heterocycles. The lowest BCUT2D eigenvalue weighted by Crippen LogP contribution is -2.48. The van der Waals surface area contributed by atoms with Crippen molar-refractivity contribution in [1.82, 2.24) is 4.90 Å². The summed E-state index contributed by atoms with van der Waals surface area (Å²) in [6.07, 6.45) is 2.16. The SMILES string of the molecule is C=C1OC2(CCN(CCC(C(C)=O)c3ccc(Cl)c(Cl)c3)CC2)c2cc(F)ccc2N1C. The number of Topliss-reactive ketones (excluding diaryl/α,β-unsaturated/α-hetero) is 1. The van der Waals surface area contributed by atoms with Gasteiger partial charge in [0, 0.05) is 44.5 Å². The first-order valence-electron chi connectivity index (χ1n) is 10.8. The predicted molar refractivity (Wildman–Crippen MR) is 127 cm³/mol. The monoisotopic (exact) mass is 476 g/mol. The van der Waals surface area contributed by atoms with E-state index in [0.29, 0.717) is 22.3 Å². The quantitative estimate of drug-likeness (QED) is 0.519. The van der Waals surface area contributed by atoms with E-state index in [9.17, 15) is 9.18 Å². The van der Waals surface area contributed by atoms with E-state index in [2.05, 4.69) is 11.5 Å². The van der Waals surface area contributed by atoms with Crippen molar-refractivity contribution >= 4 is 34.7 Å². The molecule has 1 saturated heterocycles. The number of halogens is 3. The van der Waals surface area contributed by atoms with E-state index in [1.54, 1.807) is 31.2 Å². The maximum Gasteiger partial charge on any atom is 0.187 e. The van der Waals surface area contributed by atoms with E-state index in [1.165, 1.54) is 6.07 Å². The van der Waals surface area contributed by atoms with Gasteiger partial charge in [-0.3, -0.25) is 4.79 Å². The molecule has 2 aromatic rings. The minimum atomic E-state index is -0.568. The number of carbonyl (C=O) groups excluding carboxylic acids is 1. The van der Waals surface area contributed by atoms with Gasteiger partial charge in [0.1, 0.15) is 17.2 Å². The van der Waals surface area contributed by atoms with Gasteiger partial charge in [-0.1, -0.05) is 29.3 Å². The number of nitrogens with zero attached hydrogens (tertiary/aromatic N) is 2. The summed E-state index contributed by atoms with van der Waals surface area (Å²) < 4.78 is 20.3. The molecule has 0 radical (unpaired) electrons. The Morgan fingerprint density at radius 3 is 2.56 bits per heavy atom. The summed E-state index contributed by atoms with van der Waals surface area (Å²) in [7, 11) is 1.88. The molecule has 1 atom stereocenters. The van der Waals surface area contributed by atoms with E-state index in [0.717, 1.165) is 49.3 Å².